The molecule has 0 radical (unpaired) electrons. The molecular weight excluding hydrogens is 272 g/mol. The van der Waals surface area contributed by atoms with Crippen molar-refractivity contribution in [3.8, 4) is 0 Å². The molecule has 0 unspecified atom stereocenters. The first-order chi connectivity index (χ1) is 9.50. The number of rotatable bonds is 4. The highest BCUT2D eigenvalue weighted by molar-refractivity contribution is 5.77. The average Bonchev–Trinajstić information content (AvgIpc) is 2.39. The maximum atomic E-state index is 10.5. The van der Waals surface area contributed by atoms with Crippen molar-refractivity contribution in [3.05, 3.63) is 0 Å². The average molecular weight is 304 g/mol. The van der Waals surface area contributed by atoms with E-state index >= 15 is 0 Å². The third kappa shape index (κ3) is 21.1. The topological polar surface area (TPSA) is 69.7 Å². The van der Waals surface area contributed by atoms with Gasteiger partial charge in [0.1, 0.15) is 5.78 Å². The van der Waals surface area contributed by atoms with Crippen molar-refractivity contribution < 1.29 is 23.9 Å². The van der Waals surface area contributed by atoms with Gasteiger partial charge in [0.15, 0.2) is 0 Å². The van der Waals surface area contributed by atoms with Crippen molar-refractivity contribution in [1.82, 2.24) is 0 Å². The number of hydrogen-bond donors (Lipinski definition) is 0. The third-order valence-electron chi connectivity index (χ3n) is 2.24. The smallest absolute Gasteiger partial charge is 0.308 e. The number of ether oxygens (including phenoxy) is 2. The summed E-state index contributed by atoms with van der Waals surface area (Å²) in [5, 5.41) is 0. The van der Waals surface area contributed by atoms with Gasteiger partial charge in [0.25, 0.3) is 0 Å². The number of esters is 2. The summed E-state index contributed by atoms with van der Waals surface area (Å²) in [6.07, 6.45) is 0. The Labute approximate surface area is 129 Å². The van der Waals surface area contributed by atoms with E-state index in [1.54, 1.807) is 27.7 Å². The molecule has 21 heavy (non-hydrogen) atoms. The van der Waals surface area contributed by atoms with Gasteiger partial charge in [-0.1, -0.05) is 41.5 Å². The van der Waals surface area contributed by atoms with Crippen LogP contribution in [-0.2, 0) is 23.9 Å². The van der Waals surface area contributed by atoms with Crippen LogP contribution in [0, 0.1) is 17.8 Å². The fourth-order valence-electron chi connectivity index (χ4n) is 0.545. The summed E-state index contributed by atoms with van der Waals surface area (Å²) in [6, 6.07) is 0. The Morgan fingerprint density at radius 3 is 1.19 bits per heavy atom. The van der Waals surface area contributed by atoms with Gasteiger partial charge in [-0.15, -0.1) is 0 Å². The Kier molecular flexibility index (Phi) is 17.6. The van der Waals surface area contributed by atoms with Crippen LogP contribution in [0.25, 0.3) is 0 Å². The van der Waals surface area contributed by atoms with Crippen LogP contribution >= 0.6 is 0 Å². The number of methoxy groups -OCH3 is 1. The van der Waals surface area contributed by atoms with Crippen molar-refractivity contribution in [2.45, 2.75) is 55.4 Å². The summed E-state index contributed by atoms with van der Waals surface area (Å²) in [5.41, 5.74) is 0. The minimum atomic E-state index is -0.153. The number of Topliss-reactive ketones (excluding diaryl/α,β-unsaturated/α-hetero) is 1. The summed E-state index contributed by atoms with van der Waals surface area (Å²) < 4.78 is 9.04. The molecule has 0 aromatic heterocycles. The molecule has 5 heteroatoms. The fraction of sp³-hybridized carbons (Fsp3) is 0.812. The summed E-state index contributed by atoms with van der Waals surface area (Å²) in [6.45, 7) is 14.9. The highest BCUT2D eigenvalue weighted by atomic mass is 16.5. The van der Waals surface area contributed by atoms with E-state index in [1.807, 2.05) is 27.7 Å². The second-order valence-electron chi connectivity index (χ2n) is 5.35. The summed E-state index contributed by atoms with van der Waals surface area (Å²) in [7, 11) is 1.39. The molecule has 0 spiro atoms. The molecule has 0 heterocycles. The van der Waals surface area contributed by atoms with Crippen molar-refractivity contribution >= 4 is 17.7 Å². The Morgan fingerprint density at radius 2 is 1.14 bits per heavy atom. The van der Waals surface area contributed by atoms with E-state index in [4.69, 9.17) is 0 Å². The summed E-state index contributed by atoms with van der Waals surface area (Å²) in [5.74, 6) is 0.215. The second-order valence-corrected chi connectivity index (χ2v) is 5.35. The lowest BCUT2D eigenvalue weighted by Crippen LogP contribution is -2.10. The molecule has 126 valence electrons. The van der Waals surface area contributed by atoms with E-state index < -0.39 is 0 Å². The lowest BCUT2D eigenvalue weighted by Gasteiger charge is -2.01. The van der Waals surface area contributed by atoms with Gasteiger partial charge in [0.05, 0.1) is 25.6 Å². The van der Waals surface area contributed by atoms with Crippen LogP contribution in [-0.4, -0.2) is 31.4 Å². The SMILES string of the molecule is CC(=O)C(C)C.CCOC(=O)C(C)C.COC(=O)C(C)C. The molecular formula is C16H32O5. The number of hydrogen-bond acceptors (Lipinski definition) is 5. The van der Waals surface area contributed by atoms with E-state index in [0.717, 1.165) is 0 Å². The molecule has 0 bridgehead atoms. The zero-order valence-electron chi connectivity index (χ0n) is 15.0. The van der Waals surface area contributed by atoms with E-state index in [1.165, 1.54) is 7.11 Å². The first-order valence-electron chi connectivity index (χ1n) is 7.25. The fourth-order valence-corrected chi connectivity index (χ4v) is 0.545. The van der Waals surface area contributed by atoms with Crippen molar-refractivity contribution in [1.29, 1.82) is 0 Å². The van der Waals surface area contributed by atoms with Crippen LogP contribution in [0.3, 0.4) is 0 Å². The molecule has 0 aromatic rings. The highest BCUT2D eigenvalue weighted by Crippen LogP contribution is 1.94. The van der Waals surface area contributed by atoms with Gasteiger partial charge in [-0.2, -0.15) is 0 Å². The molecule has 0 rings (SSSR count). The van der Waals surface area contributed by atoms with E-state index in [9.17, 15) is 14.4 Å². The summed E-state index contributed by atoms with van der Waals surface area (Å²) in [4.78, 5) is 31.0. The van der Waals surface area contributed by atoms with Crippen molar-refractivity contribution in [2.75, 3.05) is 13.7 Å². The molecule has 0 amide bonds. The normalized spacial score (nSPS) is 9.33. The molecule has 0 aromatic carbocycles. The largest absolute Gasteiger partial charge is 0.469 e. The van der Waals surface area contributed by atoms with Crippen LogP contribution in [0.1, 0.15) is 55.4 Å². The molecule has 0 saturated carbocycles. The molecule has 0 saturated heterocycles. The van der Waals surface area contributed by atoms with Gasteiger partial charge in [-0.25, -0.2) is 0 Å². The van der Waals surface area contributed by atoms with E-state index in [0.29, 0.717) is 6.61 Å². The monoisotopic (exact) mass is 304 g/mol. The molecule has 0 fully saturated rings. The first-order valence-corrected chi connectivity index (χ1v) is 7.25. The highest BCUT2D eigenvalue weighted by Gasteiger charge is 2.05. The van der Waals surface area contributed by atoms with Crippen LogP contribution in [0.4, 0.5) is 0 Å². The van der Waals surface area contributed by atoms with Crippen molar-refractivity contribution in [2.24, 2.45) is 17.8 Å². The zero-order chi connectivity index (χ0) is 17.6. The quantitative estimate of drug-likeness (QED) is 0.746. The molecule has 5 nitrogen and oxygen atoms in total. The summed E-state index contributed by atoms with van der Waals surface area (Å²) >= 11 is 0. The van der Waals surface area contributed by atoms with E-state index in [2.05, 4.69) is 9.47 Å². The van der Waals surface area contributed by atoms with Crippen LogP contribution in [0.5, 0.6) is 0 Å². The predicted octanol–water partition coefficient (Wildman–Crippen LogP) is 3.25. The predicted molar refractivity (Wildman–Crippen MR) is 83.8 cm³/mol. The maximum absolute atomic E-state index is 10.5. The van der Waals surface area contributed by atoms with Gasteiger partial charge in [-0.3, -0.25) is 14.4 Å². The van der Waals surface area contributed by atoms with Crippen LogP contribution < -0.4 is 0 Å². The van der Waals surface area contributed by atoms with Gasteiger partial charge < -0.3 is 9.47 Å². The standard InChI is InChI=1S/C6H12O2.C5H10O2.C5H10O/c1-4-8-6(7)5(2)3;1-4(2)5(6)7-3;1-4(2)5(3)6/h5H,4H2,1-3H3;4H,1-3H3;4H,1-3H3. The van der Waals surface area contributed by atoms with Crippen molar-refractivity contribution in [3.63, 3.8) is 0 Å². The number of carbonyl (C=O) groups is 3. The van der Waals surface area contributed by atoms with Gasteiger partial charge in [0, 0.05) is 5.92 Å². The third-order valence-corrected chi connectivity index (χ3v) is 2.24. The number of carbonyl (C=O) groups excluding carboxylic acids is 3. The van der Waals surface area contributed by atoms with Crippen LogP contribution in [0.2, 0.25) is 0 Å². The zero-order valence-corrected chi connectivity index (χ0v) is 15.0. The second kappa shape index (κ2) is 15.0. The van der Waals surface area contributed by atoms with Gasteiger partial charge in [0.2, 0.25) is 0 Å². The van der Waals surface area contributed by atoms with Crippen LogP contribution in [0.15, 0.2) is 0 Å². The molecule has 0 N–H and O–H groups in total. The molecule has 0 aliphatic rings. The number of ketones is 1. The Morgan fingerprint density at radius 1 is 0.810 bits per heavy atom. The Balaban J connectivity index is -0.000000234. The molecule has 0 aliphatic carbocycles. The molecule has 0 atom stereocenters. The lowest BCUT2D eigenvalue weighted by molar-refractivity contribution is -0.147. The molecule has 0 aliphatic heterocycles. The Bertz CT molecular complexity index is 293. The minimum absolute atomic E-state index is 0.00463. The van der Waals surface area contributed by atoms with E-state index in [-0.39, 0.29) is 35.5 Å². The first kappa shape index (κ1) is 24.6. The van der Waals surface area contributed by atoms with Gasteiger partial charge in [-0.05, 0) is 13.8 Å². The lowest BCUT2D eigenvalue weighted by atomic mass is 10.1. The maximum Gasteiger partial charge on any atom is 0.308 e. The van der Waals surface area contributed by atoms with Gasteiger partial charge >= 0.3 is 11.9 Å². The Hall–Kier alpha value is -1.39. The minimum Gasteiger partial charge on any atom is -0.469 e.